The van der Waals surface area contributed by atoms with Gasteiger partial charge in [0.2, 0.25) is 0 Å². The zero-order valence-electron chi connectivity index (χ0n) is 16.5. The predicted molar refractivity (Wildman–Crippen MR) is 105 cm³/mol. The summed E-state index contributed by atoms with van der Waals surface area (Å²) in [6.45, 7) is 5.81. The Morgan fingerprint density at radius 3 is 2.68 bits per heavy atom. The van der Waals surface area contributed by atoms with Crippen LogP contribution < -0.4 is 5.32 Å². The topological polar surface area (TPSA) is 90.8 Å². The molecule has 0 aliphatic rings. The molecule has 0 spiro atoms. The molecular weight excluding hydrogens is 356 g/mol. The van der Waals surface area contributed by atoms with Gasteiger partial charge in [-0.1, -0.05) is 0 Å². The third kappa shape index (κ3) is 2.87. The van der Waals surface area contributed by atoms with E-state index in [-0.39, 0.29) is 11.9 Å². The van der Waals surface area contributed by atoms with Crippen LogP contribution >= 0.6 is 0 Å². The normalized spacial score (nSPS) is 12.5. The number of nitrogens with zero attached hydrogens (tertiary/aromatic N) is 5. The van der Waals surface area contributed by atoms with Crippen molar-refractivity contribution in [2.75, 3.05) is 0 Å². The van der Waals surface area contributed by atoms with Gasteiger partial charge in [-0.05, 0) is 39.0 Å². The summed E-state index contributed by atoms with van der Waals surface area (Å²) in [5, 5.41) is 12.5. The molecule has 0 bridgehead atoms. The molecule has 0 fully saturated rings. The maximum Gasteiger partial charge on any atom is 0.252 e. The second-order valence-electron chi connectivity index (χ2n) is 6.94. The van der Waals surface area contributed by atoms with E-state index in [1.54, 1.807) is 34.0 Å². The number of rotatable bonds is 4. The molecule has 0 radical (unpaired) electrons. The SMILES string of the molecule is Cc1nn(C)c2nc(-c3ccco3)cc(C(=O)N[C@H](C)c3cnn(C)c3C)c12. The lowest BCUT2D eigenvalue weighted by Crippen LogP contribution is -2.27. The molecule has 144 valence electrons. The molecule has 4 rings (SSSR count). The van der Waals surface area contributed by atoms with Crippen molar-refractivity contribution in [3.63, 3.8) is 0 Å². The smallest absolute Gasteiger partial charge is 0.252 e. The second-order valence-corrected chi connectivity index (χ2v) is 6.94. The van der Waals surface area contributed by atoms with E-state index in [9.17, 15) is 4.79 Å². The Labute approximate surface area is 162 Å². The Hall–Kier alpha value is -3.42. The summed E-state index contributed by atoms with van der Waals surface area (Å²) < 4.78 is 8.96. The fourth-order valence-corrected chi connectivity index (χ4v) is 3.47. The van der Waals surface area contributed by atoms with Crippen LogP contribution in [0.5, 0.6) is 0 Å². The van der Waals surface area contributed by atoms with E-state index in [0.717, 1.165) is 22.3 Å². The van der Waals surface area contributed by atoms with Crippen molar-refractivity contribution < 1.29 is 9.21 Å². The van der Waals surface area contributed by atoms with Gasteiger partial charge in [0.1, 0.15) is 5.69 Å². The first-order valence-corrected chi connectivity index (χ1v) is 9.04. The van der Waals surface area contributed by atoms with Gasteiger partial charge in [0.15, 0.2) is 11.4 Å². The maximum absolute atomic E-state index is 13.2. The van der Waals surface area contributed by atoms with E-state index in [1.165, 1.54) is 0 Å². The molecular formula is C20H22N6O2. The fourth-order valence-electron chi connectivity index (χ4n) is 3.47. The zero-order chi connectivity index (χ0) is 20.0. The summed E-state index contributed by atoms with van der Waals surface area (Å²) >= 11 is 0. The molecule has 0 unspecified atom stereocenters. The first-order chi connectivity index (χ1) is 13.4. The number of aromatic nitrogens is 5. The van der Waals surface area contributed by atoms with E-state index in [1.807, 2.05) is 40.9 Å². The number of fused-ring (bicyclic) bond motifs is 1. The molecule has 1 amide bonds. The lowest BCUT2D eigenvalue weighted by Gasteiger charge is -2.15. The third-order valence-electron chi connectivity index (χ3n) is 5.07. The molecule has 8 heteroatoms. The lowest BCUT2D eigenvalue weighted by molar-refractivity contribution is 0.0941. The van der Waals surface area contributed by atoms with E-state index < -0.39 is 0 Å². The largest absolute Gasteiger partial charge is 0.463 e. The van der Waals surface area contributed by atoms with Crippen LogP contribution in [0.2, 0.25) is 0 Å². The Balaban J connectivity index is 1.78. The molecule has 8 nitrogen and oxygen atoms in total. The lowest BCUT2D eigenvalue weighted by atomic mass is 10.1. The molecule has 0 aliphatic carbocycles. The van der Waals surface area contributed by atoms with E-state index >= 15 is 0 Å². The Kier molecular flexibility index (Phi) is 4.26. The Bertz CT molecular complexity index is 1170. The van der Waals surface area contributed by atoms with Gasteiger partial charge in [-0.2, -0.15) is 10.2 Å². The first kappa shape index (κ1) is 18.0. The summed E-state index contributed by atoms with van der Waals surface area (Å²) in [5.41, 5.74) is 4.51. The number of amides is 1. The van der Waals surface area contributed by atoms with Gasteiger partial charge in [-0.3, -0.25) is 14.2 Å². The Morgan fingerprint density at radius 1 is 1.25 bits per heavy atom. The molecule has 0 aromatic carbocycles. The number of pyridine rings is 1. The molecule has 28 heavy (non-hydrogen) atoms. The molecule has 0 saturated carbocycles. The maximum atomic E-state index is 13.2. The monoisotopic (exact) mass is 378 g/mol. The average molecular weight is 378 g/mol. The highest BCUT2D eigenvalue weighted by atomic mass is 16.3. The molecule has 4 aromatic rings. The quantitative estimate of drug-likeness (QED) is 0.589. The molecule has 1 atom stereocenters. The van der Waals surface area contributed by atoms with Gasteiger partial charge in [0.25, 0.3) is 5.91 Å². The summed E-state index contributed by atoms with van der Waals surface area (Å²) in [6, 6.07) is 5.19. The minimum atomic E-state index is -0.188. The van der Waals surface area contributed by atoms with Crippen molar-refractivity contribution in [1.82, 2.24) is 29.9 Å². The van der Waals surface area contributed by atoms with E-state index in [4.69, 9.17) is 4.42 Å². The first-order valence-electron chi connectivity index (χ1n) is 9.04. The van der Waals surface area contributed by atoms with Crippen molar-refractivity contribution in [2.24, 2.45) is 14.1 Å². The summed E-state index contributed by atoms with van der Waals surface area (Å²) in [5.74, 6) is 0.415. The number of hydrogen-bond donors (Lipinski definition) is 1. The number of furan rings is 1. The highest BCUT2D eigenvalue weighted by molar-refractivity contribution is 6.07. The van der Waals surface area contributed by atoms with Gasteiger partial charge < -0.3 is 9.73 Å². The molecule has 4 aromatic heterocycles. The standard InChI is InChI=1S/C20H22N6O2/c1-11(15-10-21-25(4)13(15)3)22-20(27)14-9-16(17-7-6-8-28-17)23-19-18(14)12(2)24-26(19)5/h6-11H,1-5H3,(H,22,27)/t11-/m1/s1. The molecule has 1 N–H and O–H groups in total. The summed E-state index contributed by atoms with van der Waals surface area (Å²) in [7, 11) is 3.70. The van der Waals surface area contributed by atoms with Crippen molar-refractivity contribution in [3.8, 4) is 11.5 Å². The highest BCUT2D eigenvalue weighted by Gasteiger charge is 2.22. The van der Waals surface area contributed by atoms with Crippen molar-refractivity contribution in [1.29, 1.82) is 0 Å². The molecule has 0 saturated heterocycles. The van der Waals surface area contributed by atoms with Gasteiger partial charge in [0, 0.05) is 25.4 Å². The van der Waals surface area contributed by atoms with Crippen molar-refractivity contribution >= 4 is 16.9 Å². The zero-order valence-corrected chi connectivity index (χ0v) is 16.5. The van der Waals surface area contributed by atoms with Gasteiger partial charge in [-0.25, -0.2) is 4.98 Å². The van der Waals surface area contributed by atoms with E-state index in [0.29, 0.717) is 22.7 Å². The fraction of sp³-hybridized carbons (Fsp3) is 0.300. The molecule has 4 heterocycles. The minimum absolute atomic E-state index is 0.187. The number of carbonyl (C=O) groups is 1. The predicted octanol–water partition coefficient (Wildman–Crippen LogP) is 3.07. The number of nitrogens with one attached hydrogen (secondary N) is 1. The van der Waals surface area contributed by atoms with Crippen LogP contribution in [-0.2, 0) is 14.1 Å². The van der Waals surface area contributed by atoms with Gasteiger partial charge >= 0.3 is 0 Å². The average Bonchev–Trinajstić information content (AvgIpc) is 3.37. The van der Waals surface area contributed by atoms with Gasteiger partial charge in [-0.15, -0.1) is 0 Å². The number of hydrogen-bond acceptors (Lipinski definition) is 5. The van der Waals surface area contributed by atoms with Crippen LogP contribution in [0.4, 0.5) is 0 Å². The minimum Gasteiger partial charge on any atom is -0.463 e. The second kappa shape index (κ2) is 6.63. The number of aryl methyl sites for hydroxylation is 3. The van der Waals surface area contributed by atoms with Crippen molar-refractivity contribution in [3.05, 3.63) is 53.2 Å². The number of carbonyl (C=O) groups excluding carboxylic acids is 1. The summed E-state index contributed by atoms with van der Waals surface area (Å²) in [4.78, 5) is 17.9. The van der Waals surface area contributed by atoms with Crippen LogP contribution in [0.1, 0.15) is 40.3 Å². The van der Waals surface area contributed by atoms with Crippen LogP contribution in [-0.4, -0.2) is 30.5 Å². The van der Waals surface area contributed by atoms with Crippen LogP contribution in [0.3, 0.4) is 0 Å². The third-order valence-corrected chi connectivity index (χ3v) is 5.07. The van der Waals surface area contributed by atoms with E-state index in [2.05, 4.69) is 20.5 Å². The van der Waals surface area contributed by atoms with Gasteiger partial charge in [0.05, 0.1) is 35.1 Å². The molecule has 0 aliphatic heterocycles. The summed E-state index contributed by atoms with van der Waals surface area (Å²) in [6.07, 6.45) is 3.37. The highest BCUT2D eigenvalue weighted by Crippen LogP contribution is 2.27. The van der Waals surface area contributed by atoms with Crippen LogP contribution in [0, 0.1) is 13.8 Å². The Morgan fingerprint density at radius 2 is 2.04 bits per heavy atom. The van der Waals surface area contributed by atoms with Crippen LogP contribution in [0.15, 0.2) is 35.1 Å². The van der Waals surface area contributed by atoms with Crippen molar-refractivity contribution in [2.45, 2.75) is 26.8 Å². The van der Waals surface area contributed by atoms with Crippen LogP contribution in [0.25, 0.3) is 22.5 Å².